The second-order valence-electron chi connectivity index (χ2n) is 4.37. The summed E-state index contributed by atoms with van der Waals surface area (Å²) in [4.78, 5) is 6.51. The second-order valence-corrected chi connectivity index (χ2v) is 4.37. The summed E-state index contributed by atoms with van der Waals surface area (Å²) in [6.45, 7) is 3.70. The molecule has 1 saturated heterocycles. The van der Waals surface area contributed by atoms with Gasteiger partial charge in [-0.2, -0.15) is 0 Å². The molecule has 0 amide bonds. The van der Waals surface area contributed by atoms with Crippen LogP contribution in [0.5, 0.6) is 5.75 Å². The molecule has 0 unspecified atom stereocenters. The lowest BCUT2D eigenvalue weighted by Crippen LogP contribution is -2.32. The zero-order valence-electron chi connectivity index (χ0n) is 9.56. The van der Waals surface area contributed by atoms with Gasteiger partial charge in [0.2, 0.25) is 0 Å². The molecule has 2 heterocycles. The molecule has 1 aliphatic rings. The van der Waals surface area contributed by atoms with Crippen LogP contribution < -0.4 is 0 Å². The molecular formula is C12H18N2O2. The summed E-state index contributed by atoms with van der Waals surface area (Å²) in [5.41, 5.74) is 1.62. The molecule has 1 aromatic rings. The lowest BCUT2D eigenvalue weighted by molar-refractivity contribution is 0.151. The molecule has 1 fully saturated rings. The van der Waals surface area contributed by atoms with Crippen LogP contribution in [0.4, 0.5) is 0 Å². The molecule has 88 valence electrons. The van der Waals surface area contributed by atoms with Crippen molar-refractivity contribution in [2.75, 3.05) is 13.2 Å². The number of aliphatic hydroxyl groups excluding tert-OH is 1. The van der Waals surface area contributed by atoms with Gasteiger partial charge in [-0.3, -0.25) is 9.88 Å². The number of aromatic hydroxyl groups is 1. The van der Waals surface area contributed by atoms with Crippen molar-refractivity contribution in [3.63, 3.8) is 0 Å². The SMILES string of the molecule is Cc1ccc(O)c(CN2CCC[C@@H]2CO)n1. The van der Waals surface area contributed by atoms with E-state index in [1.54, 1.807) is 12.1 Å². The predicted octanol–water partition coefficient (Wildman–Crippen LogP) is 1.05. The van der Waals surface area contributed by atoms with Gasteiger partial charge in [0.1, 0.15) is 5.75 Å². The lowest BCUT2D eigenvalue weighted by atomic mass is 10.2. The van der Waals surface area contributed by atoms with Gasteiger partial charge in [0.15, 0.2) is 0 Å². The van der Waals surface area contributed by atoms with E-state index >= 15 is 0 Å². The third-order valence-electron chi connectivity index (χ3n) is 3.15. The highest BCUT2D eigenvalue weighted by Gasteiger charge is 2.24. The molecule has 0 aliphatic carbocycles. The van der Waals surface area contributed by atoms with Crippen molar-refractivity contribution in [1.82, 2.24) is 9.88 Å². The summed E-state index contributed by atoms with van der Waals surface area (Å²) < 4.78 is 0. The van der Waals surface area contributed by atoms with Crippen LogP contribution in [0.25, 0.3) is 0 Å². The normalized spacial score (nSPS) is 21.5. The van der Waals surface area contributed by atoms with Crippen LogP contribution in [0.3, 0.4) is 0 Å². The molecular weight excluding hydrogens is 204 g/mol. The summed E-state index contributed by atoms with van der Waals surface area (Å²) in [5, 5.41) is 18.9. The maximum absolute atomic E-state index is 9.70. The first-order chi connectivity index (χ1) is 7.70. The molecule has 2 N–H and O–H groups in total. The van der Waals surface area contributed by atoms with Crippen molar-refractivity contribution in [3.8, 4) is 5.75 Å². The van der Waals surface area contributed by atoms with Gasteiger partial charge in [0.05, 0.1) is 12.3 Å². The Labute approximate surface area is 95.5 Å². The van der Waals surface area contributed by atoms with E-state index in [2.05, 4.69) is 9.88 Å². The maximum atomic E-state index is 9.70. The second kappa shape index (κ2) is 4.80. The van der Waals surface area contributed by atoms with Crippen molar-refractivity contribution >= 4 is 0 Å². The fourth-order valence-electron chi connectivity index (χ4n) is 2.22. The first kappa shape index (κ1) is 11.4. The van der Waals surface area contributed by atoms with E-state index in [0.717, 1.165) is 25.1 Å². The third kappa shape index (κ3) is 2.33. The summed E-state index contributed by atoms with van der Waals surface area (Å²) in [7, 11) is 0. The van der Waals surface area contributed by atoms with Crippen molar-refractivity contribution in [2.45, 2.75) is 32.4 Å². The smallest absolute Gasteiger partial charge is 0.138 e. The number of pyridine rings is 1. The number of aromatic nitrogens is 1. The topological polar surface area (TPSA) is 56.6 Å². The molecule has 0 spiro atoms. The van der Waals surface area contributed by atoms with E-state index in [0.29, 0.717) is 12.2 Å². The quantitative estimate of drug-likeness (QED) is 0.802. The van der Waals surface area contributed by atoms with Gasteiger partial charge in [-0.15, -0.1) is 0 Å². The molecule has 0 bridgehead atoms. The fourth-order valence-corrected chi connectivity index (χ4v) is 2.22. The minimum atomic E-state index is 0.187. The van der Waals surface area contributed by atoms with Gasteiger partial charge < -0.3 is 10.2 Å². The molecule has 0 radical (unpaired) electrons. The molecule has 1 aromatic heterocycles. The Bertz CT molecular complexity index is 368. The first-order valence-corrected chi connectivity index (χ1v) is 5.71. The van der Waals surface area contributed by atoms with Crippen LogP contribution in [0.15, 0.2) is 12.1 Å². The monoisotopic (exact) mass is 222 g/mol. The molecule has 1 aliphatic heterocycles. The summed E-state index contributed by atoms with van der Waals surface area (Å²) in [5.74, 6) is 0.245. The molecule has 16 heavy (non-hydrogen) atoms. The summed E-state index contributed by atoms with van der Waals surface area (Å²) >= 11 is 0. The highest BCUT2D eigenvalue weighted by molar-refractivity contribution is 5.27. The minimum Gasteiger partial charge on any atom is -0.506 e. The fraction of sp³-hybridized carbons (Fsp3) is 0.583. The molecule has 2 rings (SSSR count). The number of aliphatic hydroxyl groups is 1. The standard InChI is InChI=1S/C12H18N2O2/c1-9-4-5-12(16)11(13-9)7-14-6-2-3-10(14)8-15/h4-5,10,15-16H,2-3,6-8H2,1H3/t10-/m1/s1. The van der Waals surface area contributed by atoms with E-state index < -0.39 is 0 Å². The Balaban J connectivity index is 2.11. The Kier molecular flexibility index (Phi) is 3.41. The lowest BCUT2D eigenvalue weighted by Gasteiger charge is -2.22. The summed E-state index contributed by atoms with van der Waals surface area (Å²) in [6, 6.07) is 3.70. The average molecular weight is 222 g/mol. The Morgan fingerprint density at radius 2 is 2.31 bits per heavy atom. The van der Waals surface area contributed by atoms with Gasteiger partial charge >= 0.3 is 0 Å². The van der Waals surface area contributed by atoms with Gasteiger partial charge in [-0.1, -0.05) is 0 Å². The largest absolute Gasteiger partial charge is 0.506 e. The van der Waals surface area contributed by atoms with Gasteiger partial charge in [-0.05, 0) is 38.4 Å². The van der Waals surface area contributed by atoms with Crippen LogP contribution >= 0.6 is 0 Å². The molecule has 0 saturated carbocycles. The molecule has 4 nitrogen and oxygen atoms in total. The number of hydrogen-bond acceptors (Lipinski definition) is 4. The van der Waals surface area contributed by atoms with E-state index in [1.807, 2.05) is 6.92 Å². The highest BCUT2D eigenvalue weighted by Crippen LogP contribution is 2.23. The molecule has 0 aromatic carbocycles. The van der Waals surface area contributed by atoms with E-state index in [1.165, 1.54) is 0 Å². The Morgan fingerprint density at radius 1 is 1.50 bits per heavy atom. The average Bonchev–Trinajstić information content (AvgIpc) is 2.71. The summed E-state index contributed by atoms with van der Waals surface area (Å²) in [6.07, 6.45) is 2.14. The third-order valence-corrected chi connectivity index (χ3v) is 3.15. The van der Waals surface area contributed by atoms with E-state index in [4.69, 9.17) is 0 Å². The van der Waals surface area contributed by atoms with Crippen LogP contribution in [0.2, 0.25) is 0 Å². The van der Waals surface area contributed by atoms with Crippen LogP contribution in [-0.4, -0.2) is 39.3 Å². The Hall–Kier alpha value is -1.13. The van der Waals surface area contributed by atoms with E-state index in [-0.39, 0.29) is 18.4 Å². The number of likely N-dealkylation sites (tertiary alicyclic amines) is 1. The Morgan fingerprint density at radius 3 is 3.06 bits per heavy atom. The molecule has 1 atom stereocenters. The first-order valence-electron chi connectivity index (χ1n) is 5.71. The van der Waals surface area contributed by atoms with E-state index in [9.17, 15) is 10.2 Å². The number of nitrogens with zero attached hydrogens (tertiary/aromatic N) is 2. The van der Waals surface area contributed by atoms with Crippen molar-refractivity contribution in [1.29, 1.82) is 0 Å². The number of hydrogen-bond donors (Lipinski definition) is 2. The van der Waals surface area contributed by atoms with Gasteiger partial charge in [0, 0.05) is 18.3 Å². The van der Waals surface area contributed by atoms with Crippen molar-refractivity contribution in [3.05, 3.63) is 23.5 Å². The molecule has 4 heteroatoms. The van der Waals surface area contributed by atoms with Crippen molar-refractivity contribution < 1.29 is 10.2 Å². The minimum absolute atomic E-state index is 0.187. The van der Waals surface area contributed by atoms with Crippen LogP contribution in [-0.2, 0) is 6.54 Å². The zero-order valence-corrected chi connectivity index (χ0v) is 9.56. The zero-order chi connectivity index (χ0) is 11.5. The van der Waals surface area contributed by atoms with Crippen LogP contribution in [0, 0.1) is 6.92 Å². The number of rotatable bonds is 3. The van der Waals surface area contributed by atoms with Gasteiger partial charge in [0.25, 0.3) is 0 Å². The maximum Gasteiger partial charge on any atom is 0.138 e. The van der Waals surface area contributed by atoms with Crippen molar-refractivity contribution in [2.24, 2.45) is 0 Å². The highest BCUT2D eigenvalue weighted by atomic mass is 16.3. The predicted molar refractivity (Wildman–Crippen MR) is 61.2 cm³/mol. The van der Waals surface area contributed by atoms with Gasteiger partial charge in [-0.25, -0.2) is 0 Å². The van der Waals surface area contributed by atoms with Crippen LogP contribution in [0.1, 0.15) is 24.2 Å². The number of aryl methyl sites for hydroxylation is 1.